The average Bonchev–Trinajstić information content (AvgIpc) is 1.91. The highest BCUT2D eigenvalue weighted by Gasteiger charge is 2.10. The average molecular weight is 182 g/mol. The lowest BCUT2D eigenvalue weighted by molar-refractivity contribution is 0.506. The van der Waals surface area contributed by atoms with E-state index in [1.807, 2.05) is 24.3 Å². The second-order valence-corrected chi connectivity index (χ2v) is 4.50. The van der Waals surface area contributed by atoms with Gasteiger partial charge in [-0.15, -0.1) is 0 Å². The van der Waals surface area contributed by atoms with Crippen LogP contribution in [0.25, 0.3) is 0 Å². The Balaban J connectivity index is 2.71. The van der Waals surface area contributed by atoms with Crippen LogP contribution in [0.3, 0.4) is 0 Å². The first-order chi connectivity index (χ1) is 5.47. The highest BCUT2D eigenvalue weighted by Crippen LogP contribution is 2.23. The van der Waals surface area contributed by atoms with E-state index < -0.39 is 0 Å². The van der Waals surface area contributed by atoms with Gasteiger partial charge in [-0.1, -0.05) is 44.5 Å². The third-order valence-electron chi connectivity index (χ3n) is 1.47. The molecule has 0 aliphatic carbocycles. The van der Waals surface area contributed by atoms with Crippen LogP contribution < -0.4 is 0 Å². The van der Waals surface area contributed by atoms with E-state index in [4.69, 9.17) is 11.6 Å². The van der Waals surface area contributed by atoms with E-state index in [-0.39, 0.29) is 5.41 Å². The van der Waals surface area contributed by atoms with Crippen molar-refractivity contribution in [2.75, 3.05) is 0 Å². The lowest BCUT2D eigenvalue weighted by atomic mass is 9.88. The fourth-order valence-electron chi connectivity index (χ4n) is 1.06. The Morgan fingerprint density at radius 1 is 1.08 bits per heavy atom. The minimum absolute atomic E-state index is 0.230. The van der Waals surface area contributed by atoms with Crippen molar-refractivity contribution >= 4 is 11.6 Å². The molecule has 0 amide bonds. The number of hydrogen-bond acceptors (Lipinski definition) is 0. The molecular formula is C11H14Cl. The number of benzene rings is 1. The maximum atomic E-state index is 5.77. The van der Waals surface area contributed by atoms with Gasteiger partial charge in [0.15, 0.2) is 0 Å². The fraction of sp³-hybridized carbons (Fsp3) is 0.364. The molecule has 0 aromatic heterocycles. The zero-order chi connectivity index (χ0) is 9.19. The first-order valence-corrected chi connectivity index (χ1v) is 4.47. The standard InChI is InChI=1S/C11H14Cl/c1-11(2,3)8-9-4-6-10(12)7-5-9/h4-8H,1-3H3. The van der Waals surface area contributed by atoms with Gasteiger partial charge in [0, 0.05) is 5.02 Å². The minimum atomic E-state index is 0.230. The van der Waals surface area contributed by atoms with Gasteiger partial charge in [0.1, 0.15) is 0 Å². The van der Waals surface area contributed by atoms with Crippen LogP contribution in [0, 0.1) is 11.8 Å². The predicted octanol–water partition coefficient (Wildman–Crippen LogP) is 3.94. The maximum absolute atomic E-state index is 5.77. The van der Waals surface area contributed by atoms with E-state index in [2.05, 4.69) is 27.2 Å². The van der Waals surface area contributed by atoms with Gasteiger partial charge in [0.25, 0.3) is 0 Å². The van der Waals surface area contributed by atoms with Crippen LogP contribution in [0.1, 0.15) is 26.3 Å². The first-order valence-electron chi connectivity index (χ1n) is 4.09. The third kappa shape index (κ3) is 3.27. The van der Waals surface area contributed by atoms with Crippen molar-refractivity contribution in [3.8, 4) is 0 Å². The second kappa shape index (κ2) is 3.49. The number of halogens is 1. The van der Waals surface area contributed by atoms with Gasteiger partial charge >= 0.3 is 0 Å². The van der Waals surface area contributed by atoms with Crippen LogP contribution in [0.5, 0.6) is 0 Å². The van der Waals surface area contributed by atoms with Gasteiger partial charge in [0.2, 0.25) is 0 Å². The quantitative estimate of drug-likeness (QED) is 0.616. The van der Waals surface area contributed by atoms with Gasteiger partial charge in [-0.05, 0) is 29.5 Å². The molecule has 0 nitrogen and oxygen atoms in total. The summed E-state index contributed by atoms with van der Waals surface area (Å²) in [5.41, 5.74) is 1.46. The van der Waals surface area contributed by atoms with E-state index in [0.29, 0.717) is 0 Å². The molecule has 0 heterocycles. The van der Waals surface area contributed by atoms with Crippen LogP contribution in [0.15, 0.2) is 24.3 Å². The van der Waals surface area contributed by atoms with Crippen molar-refractivity contribution in [3.63, 3.8) is 0 Å². The minimum Gasteiger partial charge on any atom is -0.0843 e. The molecule has 0 fully saturated rings. The largest absolute Gasteiger partial charge is 0.0843 e. The molecule has 0 aliphatic rings. The lowest BCUT2D eigenvalue weighted by Crippen LogP contribution is -2.05. The monoisotopic (exact) mass is 181 g/mol. The molecule has 0 saturated carbocycles. The van der Waals surface area contributed by atoms with Crippen molar-refractivity contribution < 1.29 is 0 Å². The SMILES string of the molecule is CC(C)(C)[CH]c1ccc(Cl)cc1. The normalized spacial score (nSPS) is 11.7. The molecule has 0 spiro atoms. The first kappa shape index (κ1) is 9.60. The van der Waals surface area contributed by atoms with E-state index >= 15 is 0 Å². The summed E-state index contributed by atoms with van der Waals surface area (Å²) in [5, 5.41) is 0.793. The summed E-state index contributed by atoms with van der Waals surface area (Å²) in [6.45, 7) is 6.55. The summed E-state index contributed by atoms with van der Waals surface area (Å²) in [6, 6.07) is 7.90. The Bertz CT molecular complexity index is 241. The van der Waals surface area contributed by atoms with E-state index in [0.717, 1.165) is 5.02 Å². The summed E-state index contributed by atoms with van der Waals surface area (Å²) >= 11 is 5.77. The maximum Gasteiger partial charge on any atom is 0.0406 e. The molecular weight excluding hydrogens is 168 g/mol. The predicted molar refractivity (Wildman–Crippen MR) is 54.3 cm³/mol. The summed E-state index contributed by atoms with van der Waals surface area (Å²) in [5.74, 6) is 0. The highest BCUT2D eigenvalue weighted by molar-refractivity contribution is 6.30. The molecule has 65 valence electrons. The summed E-state index contributed by atoms with van der Waals surface area (Å²) in [4.78, 5) is 0. The zero-order valence-electron chi connectivity index (χ0n) is 7.76. The van der Waals surface area contributed by atoms with Crippen molar-refractivity contribution in [3.05, 3.63) is 41.3 Å². The Morgan fingerprint density at radius 3 is 2.00 bits per heavy atom. The molecule has 0 saturated heterocycles. The molecule has 1 aromatic rings. The molecule has 0 atom stereocenters. The van der Waals surface area contributed by atoms with Crippen molar-refractivity contribution in [1.29, 1.82) is 0 Å². The molecule has 1 rings (SSSR count). The number of rotatable bonds is 1. The van der Waals surface area contributed by atoms with E-state index in [9.17, 15) is 0 Å². The second-order valence-electron chi connectivity index (χ2n) is 4.06. The molecule has 1 aromatic carbocycles. The van der Waals surface area contributed by atoms with Crippen LogP contribution in [0.2, 0.25) is 5.02 Å². The van der Waals surface area contributed by atoms with Crippen LogP contribution in [-0.2, 0) is 0 Å². The molecule has 1 radical (unpaired) electrons. The highest BCUT2D eigenvalue weighted by atomic mass is 35.5. The van der Waals surface area contributed by atoms with Gasteiger partial charge < -0.3 is 0 Å². The summed E-state index contributed by atoms with van der Waals surface area (Å²) in [6.07, 6.45) is 2.23. The Kier molecular flexibility index (Phi) is 2.79. The van der Waals surface area contributed by atoms with Gasteiger partial charge in [0.05, 0.1) is 0 Å². The topological polar surface area (TPSA) is 0 Å². The van der Waals surface area contributed by atoms with Crippen LogP contribution in [-0.4, -0.2) is 0 Å². The Hall–Kier alpha value is -0.490. The van der Waals surface area contributed by atoms with E-state index in [1.165, 1.54) is 5.56 Å². The molecule has 0 bridgehead atoms. The zero-order valence-corrected chi connectivity index (χ0v) is 8.52. The van der Waals surface area contributed by atoms with Gasteiger partial charge in [-0.2, -0.15) is 0 Å². The third-order valence-corrected chi connectivity index (χ3v) is 1.72. The summed E-state index contributed by atoms with van der Waals surface area (Å²) < 4.78 is 0. The molecule has 0 unspecified atom stereocenters. The Morgan fingerprint density at radius 2 is 1.58 bits per heavy atom. The number of hydrogen-bond donors (Lipinski definition) is 0. The van der Waals surface area contributed by atoms with Crippen molar-refractivity contribution in [2.45, 2.75) is 20.8 Å². The molecule has 0 aliphatic heterocycles. The summed E-state index contributed by atoms with van der Waals surface area (Å²) in [7, 11) is 0. The van der Waals surface area contributed by atoms with Gasteiger partial charge in [-0.3, -0.25) is 0 Å². The molecule has 0 N–H and O–H groups in total. The smallest absolute Gasteiger partial charge is 0.0406 e. The Labute approximate surface area is 79.6 Å². The lowest BCUT2D eigenvalue weighted by Gasteiger charge is -2.17. The van der Waals surface area contributed by atoms with E-state index in [1.54, 1.807) is 0 Å². The fourth-order valence-corrected chi connectivity index (χ4v) is 1.18. The van der Waals surface area contributed by atoms with Crippen molar-refractivity contribution in [2.24, 2.45) is 5.41 Å². The molecule has 1 heteroatoms. The van der Waals surface area contributed by atoms with Crippen LogP contribution in [0.4, 0.5) is 0 Å². The van der Waals surface area contributed by atoms with Crippen molar-refractivity contribution in [1.82, 2.24) is 0 Å². The molecule has 12 heavy (non-hydrogen) atoms. The van der Waals surface area contributed by atoms with Gasteiger partial charge in [-0.25, -0.2) is 0 Å². The van der Waals surface area contributed by atoms with Crippen LogP contribution >= 0.6 is 11.6 Å².